The molecule has 1 aromatic rings. The van der Waals surface area contributed by atoms with Crippen molar-refractivity contribution >= 4 is 23.4 Å². The van der Waals surface area contributed by atoms with Gasteiger partial charge in [-0.15, -0.1) is 0 Å². The molecule has 0 aliphatic heterocycles. The standard InChI is InChI=1S/C16H21ClN2O2/c17-13-8-5-12(6-9-13)7-10-16(21)19(11-15(18)20)14-3-1-2-4-14/h5-6,8-9,14H,1-4,7,10-11H2,(H2,18,20). The van der Waals surface area contributed by atoms with E-state index in [0.29, 0.717) is 17.9 Å². The van der Waals surface area contributed by atoms with Crippen LogP contribution in [-0.4, -0.2) is 29.3 Å². The first-order chi connectivity index (χ1) is 10.1. The summed E-state index contributed by atoms with van der Waals surface area (Å²) >= 11 is 5.84. The molecular weight excluding hydrogens is 288 g/mol. The summed E-state index contributed by atoms with van der Waals surface area (Å²) in [4.78, 5) is 25.3. The van der Waals surface area contributed by atoms with Crippen molar-refractivity contribution in [2.45, 2.75) is 44.6 Å². The minimum Gasteiger partial charge on any atom is -0.368 e. The van der Waals surface area contributed by atoms with E-state index in [2.05, 4.69) is 0 Å². The van der Waals surface area contributed by atoms with E-state index in [1.165, 1.54) is 0 Å². The summed E-state index contributed by atoms with van der Waals surface area (Å²) in [5.74, 6) is -0.433. The van der Waals surface area contributed by atoms with Gasteiger partial charge < -0.3 is 10.6 Å². The number of rotatable bonds is 6. The van der Waals surface area contributed by atoms with Crippen molar-refractivity contribution in [1.82, 2.24) is 4.90 Å². The minimum absolute atomic E-state index is 0.00986. The van der Waals surface area contributed by atoms with E-state index in [1.807, 2.05) is 24.3 Å². The molecule has 1 aromatic carbocycles. The molecule has 1 aliphatic carbocycles. The first-order valence-electron chi connectivity index (χ1n) is 7.38. The summed E-state index contributed by atoms with van der Waals surface area (Å²) in [6.07, 6.45) is 5.22. The molecule has 0 saturated heterocycles. The van der Waals surface area contributed by atoms with Crippen LogP contribution in [0.3, 0.4) is 0 Å². The number of carbonyl (C=O) groups is 2. The highest BCUT2D eigenvalue weighted by Crippen LogP contribution is 2.24. The molecule has 2 amide bonds. The number of halogens is 1. The van der Waals surface area contributed by atoms with Crippen molar-refractivity contribution in [3.05, 3.63) is 34.9 Å². The lowest BCUT2D eigenvalue weighted by Crippen LogP contribution is -2.44. The lowest BCUT2D eigenvalue weighted by Gasteiger charge is -2.27. The van der Waals surface area contributed by atoms with Crippen LogP contribution in [0, 0.1) is 0 Å². The molecular formula is C16H21ClN2O2. The summed E-state index contributed by atoms with van der Waals surface area (Å²) in [5.41, 5.74) is 6.34. The zero-order chi connectivity index (χ0) is 15.2. The van der Waals surface area contributed by atoms with Crippen molar-refractivity contribution < 1.29 is 9.59 Å². The zero-order valence-electron chi connectivity index (χ0n) is 12.1. The fraction of sp³-hybridized carbons (Fsp3) is 0.500. The molecule has 0 bridgehead atoms. The normalized spacial score (nSPS) is 15.1. The zero-order valence-corrected chi connectivity index (χ0v) is 12.8. The van der Waals surface area contributed by atoms with Gasteiger partial charge in [0.2, 0.25) is 11.8 Å². The average Bonchev–Trinajstić information content (AvgIpc) is 2.97. The Bertz CT molecular complexity index is 496. The summed E-state index contributed by atoms with van der Waals surface area (Å²) in [7, 11) is 0. The second-order valence-corrected chi connectivity index (χ2v) is 5.99. The first-order valence-corrected chi connectivity index (χ1v) is 7.76. The highest BCUT2D eigenvalue weighted by molar-refractivity contribution is 6.30. The molecule has 5 heteroatoms. The number of hydrogen-bond acceptors (Lipinski definition) is 2. The number of nitrogens with zero attached hydrogens (tertiary/aromatic N) is 1. The van der Waals surface area contributed by atoms with Crippen LogP contribution in [0.15, 0.2) is 24.3 Å². The van der Waals surface area contributed by atoms with Gasteiger partial charge in [-0.05, 0) is 37.0 Å². The predicted octanol–water partition coefficient (Wildman–Crippen LogP) is 2.53. The van der Waals surface area contributed by atoms with Crippen molar-refractivity contribution in [3.63, 3.8) is 0 Å². The van der Waals surface area contributed by atoms with Gasteiger partial charge in [0.05, 0.1) is 6.54 Å². The smallest absolute Gasteiger partial charge is 0.237 e. The first kappa shape index (κ1) is 15.8. The lowest BCUT2D eigenvalue weighted by atomic mass is 10.1. The van der Waals surface area contributed by atoms with E-state index >= 15 is 0 Å². The number of amides is 2. The van der Waals surface area contributed by atoms with E-state index < -0.39 is 5.91 Å². The highest BCUT2D eigenvalue weighted by Gasteiger charge is 2.27. The molecule has 114 valence electrons. The van der Waals surface area contributed by atoms with Gasteiger partial charge in [-0.3, -0.25) is 9.59 Å². The molecule has 1 aliphatic rings. The van der Waals surface area contributed by atoms with Gasteiger partial charge >= 0.3 is 0 Å². The van der Waals surface area contributed by atoms with Gasteiger partial charge in [-0.2, -0.15) is 0 Å². The highest BCUT2D eigenvalue weighted by atomic mass is 35.5. The number of carbonyl (C=O) groups excluding carboxylic acids is 2. The number of aryl methyl sites for hydroxylation is 1. The average molecular weight is 309 g/mol. The van der Waals surface area contributed by atoms with E-state index in [-0.39, 0.29) is 18.5 Å². The van der Waals surface area contributed by atoms with Crippen molar-refractivity contribution in [3.8, 4) is 0 Å². The minimum atomic E-state index is -0.443. The van der Waals surface area contributed by atoms with Crippen LogP contribution in [0.4, 0.5) is 0 Å². The second-order valence-electron chi connectivity index (χ2n) is 5.55. The van der Waals surface area contributed by atoms with Gasteiger partial charge in [0.15, 0.2) is 0 Å². The Morgan fingerprint density at radius 2 is 1.81 bits per heavy atom. The molecule has 1 fully saturated rings. The van der Waals surface area contributed by atoms with Crippen LogP contribution in [-0.2, 0) is 16.0 Å². The molecule has 0 radical (unpaired) electrons. The Labute approximate surface area is 130 Å². The Balaban J connectivity index is 1.94. The van der Waals surface area contributed by atoms with Crippen molar-refractivity contribution in [1.29, 1.82) is 0 Å². The van der Waals surface area contributed by atoms with E-state index in [4.69, 9.17) is 17.3 Å². The maximum Gasteiger partial charge on any atom is 0.237 e. The van der Waals surface area contributed by atoms with E-state index in [1.54, 1.807) is 4.90 Å². The molecule has 0 unspecified atom stereocenters. The molecule has 2 rings (SSSR count). The third-order valence-electron chi connectivity index (χ3n) is 3.95. The molecule has 0 heterocycles. The molecule has 4 nitrogen and oxygen atoms in total. The van der Waals surface area contributed by atoms with Crippen LogP contribution in [0.1, 0.15) is 37.7 Å². The quantitative estimate of drug-likeness (QED) is 0.877. The largest absolute Gasteiger partial charge is 0.368 e. The Morgan fingerprint density at radius 1 is 1.19 bits per heavy atom. The SMILES string of the molecule is NC(=O)CN(C(=O)CCc1ccc(Cl)cc1)C1CCCC1. The number of hydrogen-bond donors (Lipinski definition) is 1. The molecule has 0 atom stereocenters. The topological polar surface area (TPSA) is 63.4 Å². The Hall–Kier alpha value is -1.55. The fourth-order valence-electron chi connectivity index (χ4n) is 2.85. The number of nitrogens with two attached hydrogens (primary N) is 1. The maximum atomic E-state index is 12.4. The van der Waals surface area contributed by atoms with Gasteiger partial charge in [-0.25, -0.2) is 0 Å². The summed E-state index contributed by atoms with van der Waals surface area (Å²) in [6, 6.07) is 7.65. The van der Waals surface area contributed by atoms with Gasteiger partial charge in [0, 0.05) is 17.5 Å². The fourth-order valence-corrected chi connectivity index (χ4v) is 2.98. The maximum absolute atomic E-state index is 12.4. The van der Waals surface area contributed by atoms with Crippen LogP contribution < -0.4 is 5.73 Å². The molecule has 21 heavy (non-hydrogen) atoms. The Kier molecular flexibility index (Phi) is 5.62. The van der Waals surface area contributed by atoms with Crippen LogP contribution >= 0.6 is 11.6 Å². The number of primary amides is 1. The third-order valence-corrected chi connectivity index (χ3v) is 4.20. The van der Waals surface area contributed by atoms with Crippen LogP contribution in [0.2, 0.25) is 5.02 Å². The van der Waals surface area contributed by atoms with Gasteiger partial charge in [0.25, 0.3) is 0 Å². The summed E-state index contributed by atoms with van der Waals surface area (Å²) < 4.78 is 0. The predicted molar refractivity (Wildman–Crippen MR) is 82.9 cm³/mol. The molecule has 0 aromatic heterocycles. The van der Waals surface area contributed by atoms with Crippen molar-refractivity contribution in [2.75, 3.05) is 6.54 Å². The monoisotopic (exact) mass is 308 g/mol. The van der Waals surface area contributed by atoms with E-state index in [0.717, 1.165) is 31.2 Å². The van der Waals surface area contributed by atoms with Gasteiger partial charge in [-0.1, -0.05) is 36.6 Å². The lowest BCUT2D eigenvalue weighted by molar-refractivity contribution is -0.137. The van der Waals surface area contributed by atoms with E-state index in [9.17, 15) is 9.59 Å². The van der Waals surface area contributed by atoms with Crippen molar-refractivity contribution in [2.24, 2.45) is 5.73 Å². The van der Waals surface area contributed by atoms with Crippen LogP contribution in [0.25, 0.3) is 0 Å². The second kappa shape index (κ2) is 7.46. The molecule has 2 N–H and O–H groups in total. The van der Waals surface area contributed by atoms with Gasteiger partial charge in [0.1, 0.15) is 0 Å². The third kappa shape index (κ3) is 4.74. The van der Waals surface area contributed by atoms with Crippen LogP contribution in [0.5, 0.6) is 0 Å². The molecule has 0 spiro atoms. The molecule has 1 saturated carbocycles. The Morgan fingerprint density at radius 3 is 2.38 bits per heavy atom. The summed E-state index contributed by atoms with van der Waals surface area (Å²) in [5, 5.41) is 0.686. The summed E-state index contributed by atoms with van der Waals surface area (Å²) in [6.45, 7) is 0.0319. The number of benzene rings is 1.